The highest BCUT2D eigenvalue weighted by atomic mass is 16.5. The quantitative estimate of drug-likeness (QED) is 0.866. The number of hydrogen-bond donors (Lipinski definition) is 1. The van der Waals surface area contributed by atoms with Crippen molar-refractivity contribution >= 4 is 11.4 Å². The Labute approximate surface area is 104 Å². The minimum atomic E-state index is 0.312. The van der Waals surface area contributed by atoms with E-state index in [2.05, 4.69) is 56.4 Å². The molecule has 17 heavy (non-hydrogen) atoms. The molecule has 0 spiro atoms. The summed E-state index contributed by atoms with van der Waals surface area (Å²) in [4.78, 5) is 2.12. The molecule has 0 atom stereocenters. The molecule has 1 fully saturated rings. The van der Waals surface area contributed by atoms with Gasteiger partial charge in [0, 0.05) is 37.4 Å². The standard InChI is InChI=1S/C14H22N2O/c1-11-7-12(16(3)4)5-6-13(11)15-8-14(2)9-17-10-14/h5-7,15H,8-10H2,1-4H3. The van der Waals surface area contributed by atoms with Crippen molar-refractivity contribution in [2.45, 2.75) is 13.8 Å². The molecule has 0 aliphatic carbocycles. The van der Waals surface area contributed by atoms with Crippen LogP contribution in [-0.2, 0) is 4.74 Å². The lowest BCUT2D eigenvalue weighted by Gasteiger charge is -2.38. The lowest BCUT2D eigenvalue weighted by Crippen LogP contribution is -2.45. The number of anilines is 2. The van der Waals surface area contributed by atoms with Crippen LogP contribution in [0.15, 0.2) is 18.2 Å². The third kappa shape index (κ3) is 2.72. The van der Waals surface area contributed by atoms with E-state index in [-0.39, 0.29) is 0 Å². The molecule has 1 N–H and O–H groups in total. The highest BCUT2D eigenvalue weighted by Gasteiger charge is 2.32. The summed E-state index contributed by atoms with van der Waals surface area (Å²) in [5.74, 6) is 0. The summed E-state index contributed by atoms with van der Waals surface area (Å²) in [5.41, 5.74) is 4.07. The van der Waals surface area contributed by atoms with Crippen molar-refractivity contribution in [3.05, 3.63) is 23.8 Å². The van der Waals surface area contributed by atoms with E-state index in [0.29, 0.717) is 5.41 Å². The summed E-state index contributed by atoms with van der Waals surface area (Å²) in [5, 5.41) is 3.52. The second-order valence-corrected chi connectivity index (χ2v) is 5.55. The average molecular weight is 234 g/mol. The van der Waals surface area contributed by atoms with Crippen LogP contribution < -0.4 is 10.2 Å². The highest BCUT2D eigenvalue weighted by molar-refractivity contribution is 5.59. The van der Waals surface area contributed by atoms with Crippen LogP contribution >= 0.6 is 0 Å². The van der Waals surface area contributed by atoms with Crippen LogP contribution in [0.2, 0.25) is 0 Å². The summed E-state index contributed by atoms with van der Waals surface area (Å²) in [6.45, 7) is 7.13. The zero-order valence-corrected chi connectivity index (χ0v) is 11.2. The molecule has 0 amide bonds. The molecular formula is C14H22N2O. The van der Waals surface area contributed by atoms with Crippen LogP contribution in [0.1, 0.15) is 12.5 Å². The summed E-state index contributed by atoms with van der Waals surface area (Å²) in [7, 11) is 4.13. The van der Waals surface area contributed by atoms with E-state index in [0.717, 1.165) is 19.8 Å². The van der Waals surface area contributed by atoms with Gasteiger partial charge in [-0.2, -0.15) is 0 Å². The van der Waals surface area contributed by atoms with Crippen molar-refractivity contribution in [3.63, 3.8) is 0 Å². The Morgan fingerprint density at radius 3 is 2.53 bits per heavy atom. The van der Waals surface area contributed by atoms with Gasteiger partial charge in [0.1, 0.15) is 0 Å². The van der Waals surface area contributed by atoms with Gasteiger partial charge in [-0.15, -0.1) is 0 Å². The van der Waals surface area contributed by atoms with Crippen LogP contribution in [-0.4, -0.2) is 33.9 Å². The first-order chi connectivity index (χ1) is 8.00. The largest absolute Gasteiger partial charge is 0.384 e. The van der Waals surface area contributed by atoms with Gasteiger partial charge in [-0.1, -0.05) is 6.92 Å². The van der Waals surface area contributed by atoms with Gasteiger partial charge in [-0.3, -0.25) is 0 Å². The number of nitrogens with zero attached hydrogens (tertiary/aromatic N) is 1. The number of benzene rings is 1. The van der Waals surface area contributed by atoms with Crippen molar-refractivity contribution in [2.24, 2.45) is 5.41 Å². The molecule has 1 aliphatic rings. The average Bonchev–Trinajstić information content (AvgIpc) is 2.24. The smallest absolute Gasteiger partial charge is 0.0559 e. The highest BCUT2D eigenvalue weighted by Crippen LogP contribution is 2.28. The van der Waals surface area contributed by atoms with Gasteiger partial charge in [0.05, 0.1) is 13.2 Å². The fourth-order valence-electron chi connectivity index (χ4n) is 1.99. The van der Waals surface area contributed by atoms with Crippen LogP contribution in [0.4, 0.5) is 11.4 Å². The molecule has 1 aromatic rings. The summed E-state index contributed by atoms with van der Waals surface area (Å²) in [6, 6.07) is 6.52. The van der Waals surface area contributed by atoms with Gasteiger partial charge in [0.15, 0.2) is 0 Å². The predicted molar refractivity (Wildman–Crippen MR) is 72.9 cm³/mol. The number of rotatable bonds is 4. The van der Waals surface area contributed by atoms with E-state index < -0.39 is 0 Å². The van der Waals surface area contributed by atoms with Crippen LogP contribution in [0.5, 0.6) is 0 Å². The molecule has 0 unspecified atom stereocenters. The normalized spacial score (nSPS) is 17.4. The Morgan fingerprint density at radius 2 is 2.06 bits per heavy atom. The molecule has 1 aromatic carbocycles. The molecule has 2 rings (SSSR count). The molecule has 1 aliphatic heterocycles. The van der Waals surface area contributed by atoms with E-state index in [1.54, 1.807) is 0 Å². The van der Waals surface area contributed by atoms with Gasteiger partial charge in [-0.25, -0.2) is 0 Å². The van der Waals surface area contributed by atoms with E-state index >= 15 is 0 Å². The Balaban J connectivity index is 2.01. The molecule has 3 heteroatoms. The van der Waals surface area contributed by atoms with E-state index in [1.165, 1.54) is 16.9 Å². The van der Waals surface area contributed by atoms with Gasteiger partial charge in [0.25, 0.3) is 0 Å². The maximum absolute atomic E-state index is 5.26. The zero-order chi connectivity index (χ0) is 12.5. The molecule has 0 saturated carbocycles. The van der Waals surface area contributed by atoms with Crippen LogP contribution in [0.3, 0.4) is 0 Å². The van der Waals surface area contributed by atoms with Gasteiger partial charge in [-0.05, 0) is 30.7 Å². The summed E-state index contributed by atoms with van der Waals surface area (Å²) in [6.07, 6.45) is 0. The van der Waals surface area contributed by atoms with E-state index in [1.807, 2.05) is 0 Å². The monoisotopic (exact) mass is 234 g/mol. The Bertz CT molecular complexity index is 397. The Kier molecular flexibility index (Phi) is 3.29. The lowest BCUT2D eigenvalue weighted by molar-refractivity contribution is -0.0924. The maximum atomic E-state index is 5.26. The van der Waals surface area contributed by atoms with Gasteiger partial charge < -0.3 is 15.0 Å². The molecule has 0 bridgehead atoms. The van der Waals surface area contributed by atoms with Crippen molar-refractivity contribution < 1.29 is 4.74 Å². The molecule has 94 valence electrons. The second-order valence-electron chi connectivity index (χ2n) is 5.55. The van der Waals surface area contributed by atoms with Crippen molar-refractivity contribution in [3.8, 4) is 0 Å². The topological polar surface area (TPSA) is 24.5 Å². The molecular weight excluding hydrogens is 212 g/mol. The number of hydrogen-bond acceptors (Lipinski definition) is 3. The lowest BCUT2D eigenvalue weighted by atomic mass is 9.88. The molecule has 1 saturated heterocycles. The molecule has 3 nitrogen and oxygen atoms in total. The SMILES string of the molecule is Cc1cc(N(C)C)ccc1NCC1(C)COC1. The number of aryl methyl sites for hydroxylation is 1. The maximum Gasteiger partial charge on any atom is 0.0559 e. The predicted octanol–water partition coefficient (Wildman–Crippen LogP) is 2.51. The minimum absolute atomic E-state index is 0.312. The van der Waals surface area contributed by atoms with Crippen molar-refractivity contribution in [2.75, 3.05) is 44.1 Å². The molecule has 0 radical (unpaired) electrons. The van der Waals surface area contributed by atoms with Gasteiger partial charge in [0.2, 0.25) is 0 Å². The van der Waals surface area contributed by atoms with Crippen LogP contribution in [0.25, 0.3) is 0 Å². The third-order valence-corrected chi connectivity index (χ3v) is 3.33. The van der Waals surface area contributed by atoms with Gasteiger partial charge >= 0.3 is 0 Å². The molecule has 1 heterocycles. The third-order valence-electron chi connectivity index (χ3n) is 3.33. The fourth-order valence-corrected chi connectivity index (χ4v) is 1.99. The Morgan fingerprint density at radius 1 is 1.35 bits per heavy atom. The number of nitrogens with one attached hydrogen (secondary N) is 1. The second kappa shape index (κ2) is 4.57. The zero-order valence-electron chi connectivity index (χ0n) is 11.2. The number of ether oxygens (including phenoxy) is 1. The first-order valence-corrected chi connectivity index (χ1v) is 6.10. The first kappa shape index (κ1) is 12.2. The van der Waals surface area contributed by atoms with E-state index in [4.69, 9.17) is 4.74 Å². The minimum Gasteiger partial charge on any atom is -0.384 e. The van der Waals surface area contributed by atoms with Crippen LogP contribution in [0, 0.1) is 12.3 Å². The molecule has 0 aromatic heterocycles. The fraction of sp³-hybridized carbons (Fsp3) is 0.571. The summed E-state index contributed by atoms with van der Waals surface area (Å²) >= 11 is 0. The summed E-state index contributed by atoms with van der Waals surface area (Å²) < 4.78 is 5.26. The van der Waals surface area contributed by atoms with Crippen molar-refractivity contribution in [1.29, 1.82) is 0 Å². The van der Waals surface area contributed by atoms with E-state index in [9.17, 15) is 0 Å². The Hall–Kier alpha value is -1.22. The van der Waals surface area contributed by atoms with Crippen molar-refractivity contribution in [1.82, 2.24) is 0 Å². The first-order valence-electron chi connectivity index (χ1n) is 6.10.